The van der Waals surface area contributed by atoms with Gasteiger partial charge in [-0.05, 0) is 70.6 Å². The van der Waals surface area contributed by atoms with Gasteiger partial charge in [0.2, 0.25) is 0 Å². The smallest absolute Gasteiger partial charge is 0.306 e. The standard InChI is InChI=1S/C54H100O6/c1-4-7-10-13-16-19-22-25-27-30-32-35-38-41-44-47-53(56)59-50-51(60-54(57)48-45-42-39-36-33-28-24-21-18-15-12-9-6-3)49-58-52(55)46-43-40-37-34-31-29-26-23-20-17-14-11-8-5-2/h23,25-27,51H,4-22,24,28-50H2,1-3H3/b26-23-,27-25-/t51-/m1/s1. The molecule has 0 fully saturated rings. The van der Waals surface area contributed by atoms with E-state index in [4.69, 9.17) is 14.2 Å². The van der Waals surface area contributed by atoms with Gasteiger partial charge in [0.15, 0.2) is 6.10 Å². The van der Waals surface area contributed by atoms with Gasteiger partial charge < -0.3 is 14.2 Å². The molecule has 0 aliphatic heterocycles. The van der Waals surface area contributed by atoms with E-state index in [1.807, 2.05) is 0 Å². The van der Waals surface area contributed by atoms with Crippen LogP contribution in [0.2, 0.25) is 0 Å². The van der Waals surface area contributed by atoms with Crippen LogP contribution < -0.4 is 0 Å². The second kappa shape index (κ2) is 49.5. The summed E-state index contributed by atoms with van der Waals surface area (Å²) in [5.74, 6) is -0.877. The summed E-state index contributed by atoms with van der Waals surface area (Å²) in [6, 6.07) is 0. The summed E-state index contributed by atoms with van der Waals surface area (Å²) in [6.07, 6.45) is 55.8. The number of hydrogen-bond acceptors (Lipinski definition) is 6. The highest BCUT2D eigenvalue weighted by molar-refractivity contribution is 5.71. The van der Waals surface area contributed by atoms with Gasteiger partial charge in [0.05, 0.1) is 0 Å². The molecule has 6 heteroatoms. The van der Waals surface area contributed by atoms with E-state index in [1.165, 1.54) is 173 Å². The fourth-order valence-corrected chi connectivity index (χ4v) is 7.67. The molecule has 60 heavy (non-hydrogen) atoms. The molecule has 352 valence electrons. The molecule has 0 aliphatic rings. The molecule has 0 aliphatic carbocycles. The van der Waals surface area contributed by atoms with Crippen molar-refractivity contribution in [3.63, 3.8) is 0 Å². The largest absolute Gasteiger partial charge is 0.462 e. The van der Waals surface area contributed by atoms with Crippen molar-refractivity contribution in [3.05, 3.63) is 24.3 Å². The Hall–Kier alpha value is -2.11. The maximum atomic E-state index is 12.8. The van der Waals surface area contributed by atoms with Crippen LogP contribution in [0.5, 0.6) is 0 Å². The molecule has 1 atom stereocenters. The summed E-state index contributed by atoms with van der Waals surface area (Å²) < 4.78 is 16.8. The Balaban J connectivity index is 4.36. The lowest BCUT2D eigenvalue weighted by molar-refractivity contribution is -0.167. The average Bonchev–Trinajstić information content (AvgIpc) is 3.24. The molecule has 0 unspecified atom stereocenters. The van der Waals surface area contributed by atoms with Gasteiger partial charge in [-0.1, -0.05) is 218 Å². The summed E-state index contributed by atoms with van der Waals surface area (Å²) in [7, 11) is 0. The van der Waals surface area contributed by atoms with Crippen LogP contribution in [0, 0.1) is 0 Å². The number of esters is 3. The molecule has 0 aromatic rings. The summed E-state index contributed by atoms with van der Waals surface area (Å²) in [5.41, 5.74) is 0. The van der Waals surface area contributed by atoms with Gasteiger partial charge in [0.25, 0.3) is 0 Å². The maximum absolute atomic E-state index is 12.8. The molecule has 0 radical (unpaired) electrons. The summed E-state index contributed by atoms with van der Waals surface area (Å²) >= 11 is 0. The molecule has 0 saturated heterocycles. The van der Waals surface area contributed by atoms with Crippen molar-refractivity contribution < 1.29 is 28.6 Å². The van der Waals surface area contributed by atoms with E-state index >= 15 is 0 Å². The molecule has 0 heterocycles. The molecule has 0 N–H and O–H groups in total. The highest BCUT2D eigenvalue weighted by Crippen LogP contribution is 2.15. The molecule has 0 saturated carbocycles. The third-order valence-electron chi connectivity index (χ3n) is 11.7. The monoisotopic (exact) mass is 845 g/mol. The van der Waals surface area contributed by atoms with E-state index < -0.39 is 6.10 Å². The van der Waals surface area contributed by atoms with Gasteiger partial charge in [0.1, 0.15) is 13.2 Å². The lowest BCUT2D eigenvalue weighted by atomic mass is 10.0. The molecular formula is C54H100O6. The Kier molecular flexibility index (Phi) is 47.8. The molecule has 0 bridgehead atoms. The van der Waals surface area contributed by atoms with Crippen molar-refractivity contribution in [2.24, 2.45) is 0 Å². The van der Waals surface area contributed by atoms with Crippen LogP contribution in [-0.2, 0) is 28.6 Å². The van der Waals surface area contributed by atoms with Crippen LogP contribution in [0.3, 0.4) is 0 Å². The van der Waals surface area contributed by atoms with E-state index in [9.17, 15) is 14.4 Å². The Morgan fingerprint density at radius 3 is 0.833 bits per heavy atom. The molecule has 0 aromatic heterocycles. The molecule has 6 nitrogen and oxygen atoms in total. The van der Waals surface area contributed by atoms with E-state index in [2.05, 4.69) is 45.1 Å². The number of unbranched alkanes of at least 4 members (excludes halogenated alkanes) is 33. The van der Waals surface area contributed by atoms with Gasteiger partial charge in [0, 0.05) is 19.3 Å². The van der Waals surface area contributed by atoms with E-state index in [0.717, 1.165) is 70.6 Å². The van der Waals surface area contributed by atoms with Crippen molar-refractivity contribution in [2.45, 2.75) is 290 Å². The number of allylic oxidation sites excluding steroid dienone is 4. The highest BCUT2D eigenvalue weighted by atomic mass is 16.6. The van der Waals surface area contributed by atoms with Gasteiger partial charge in [-0.15, -0.1) is 0 Å². The van der Waals surface area contributed by atoms with Crippen molar-refractivity contribution in [1.29, 1.82) is 0 Å². The first-order valence-electron chi connectivity index (χ1n) is 26.3. The number of carbonyl (C=O) groups excluding carboxylic acids is 3. The van der Waals surface area contributed by atoms with E-state index in [1.54, 1.807) is 0 Å². The maximum Gasteiger partial charge on any atom is 0.306 e. The Labute approximate surface area is 373 Å². The fourth-order valence-electron chi connectivity index (χ4n) is 7.67. The fraction of sp³-hybridized carbons (Fsp3) is 0.870. The predicted octanol–water partition coefficient (Wildman–Crippen LogP) is 17.2. The van der Waals surface area contributed by atoms with Crippen molar-refractivity contribution >= 4 is 17.9 Å². The van der Waals surface area contributed by atoms with Gasteiger partial charge >= 0.3 is 17.9 Å². The van der Waals surface area contributed by atoms with Crippen LogP contribution >= 0.6 is 0 Å². The van der Waals surface area contributed by atoms with Crippen molar-refractivity contribution in [1.82, 2.24) is 0 Å². The summed E-state index contributed by atoms with van der Waals surface area (Å²) in [4.78, 5) is 38.0. The van der Waals surface area contributed by atoms with Crippen LogP contribution in [-0.4, -0.2) is 37.2 Å². The first-order valence-corrected chi connectivity index (χ1v) is 26.3. The van der Waals surface area contributed by atoms with Crippen LogP contribution in [0.1, 0.15) is 284 Å². The second-order valence-electron chi connectivity index (χ2n) is 17.8. The zero-order chi connectivity index (χ0) is 43.7. The Bertz CT molecular complexity index is 973. The molecular weight excluding hydrogens is 745 g/mol. The predicted molar refractivity (Wildman–Crippen MR) is 256 cm³/mol. The third kappa shape index (κ3) is 46.9. The lowest BCUT2D eigenvalue weighted by Gasteiger charge is -2.18. The van der Waals surface area contributed by atoms with Crippen molar-refractivity contribution in [3.8, 4) is 0 Å². The number of ether oxygens (including phenoxy) is 3. The van der Waals surface area contributed by atoms with Gasteiger partial charge in [-0.2, -0.15) is 0 Å². The third-order valence-corrected chi connectivity index (χ3v) is 11.7. The minimum atomic E-state index is -0.772. The van der Waals surface area contributed by atoms with E-state index in [0.29, 0.717) is 19.3 Å². The topological polar surface area (TPSA) is 78.9 Å². The Morgan fingerprint density at radius 1 is 0.317 bits per heavy atom. The first-order chi connectivity index (χ1) is 29.5. The Morgan fingerprint density at radius 2 is 0.550 bits per heavy atom. The minimum Gasteiger partial charge on any atom is -0.462 e. The summed E-state index contributed by atoms with van der Waals surface area (Å²) in [5, 5.41) is 0. The lowest BCUT2D eigenvalue weighted by Crippen LogP contribution is -2.30. The van der Waals surface area contributed by atoms with Crippen LogP contribution in [0.15, 0.2) is 24.3 Å². The highest BCUT2D eigenvalue weighted by Gasteiger charge is 2.19. The average molecular weight is 845 g/mol. The zero-order valence-corrected chi connectivity index (χ0v) is 40.2. The van der Waals surface area contributed by atoms with Gasteiger partial charge in [-0.3, -0.25) is 14.4 Å². The molecule has 0 aromatic carbocycles. The normalized spacial score (nSPS) is 12.1. The number of rotatable bonds is 48. The number of carbonyl (C=O) groups is 3. The quantitative estimate of drug-likeness (QED) is 0.0263. The van der Waals surface area contributed by atoms with Crippen LogP contribution in [0.25, 0.3) is 0 Å². The molecule has 0 amide bonds. The van der Waals surface area contributed by atoms with Crippen molar-refractivity contribution in [2.75, 3.05) is 13.2 Å². The summed E-state index contributed by atoms with van der Waals surface area (Å²) in [6.45, 7) is 6.63. The van der Waals surface area contributed by atoms with Gasteiger partial charge in [-0.25, -0.2) is 0 Å². The zero-order valence-electron chi connectivity index (χ0n) is 40.2. The molecule has 0 spiro atoms. The van der Waals surface area contributed by atoms with Crippen LogP contribution in [0.4, 0.5) is 0 Å². The first kappa shape index (κ1) is 57.9. The number of hydrogen-bond donors (Lipinski definition) is 0. The SMILES string of the molecule is CCCCCCC/C=C\CCCCCCCC(=O)OC[C@H](COC(=O)CCCCCCC/C=C\CCCCCCCC)OC(=O)CCCCCCCCCCCCCCC. The van der Waals surface area contributed by atoms with E-state index in [-0.39, 0.29) is 31.1 Å². The second-order valence-corrected chi connectivity index (χ2v) is 17.8. The molecule has 0 rings (SSSR count). The minimum absolute atomic E-state index is 0.0746.